The van der Waals surface area contributed by atoms with E-state index >= 15 is 0 Å². The highest BCUT2D eigenvalue weighted by Gasteiger charge is 2.17. The molecule has 0 amide bonds. The normalized spacial score (nSPS) is 12.6. The summed E-state index contributed by atoms with van der Waals surface area (Å²) in [5, 5.41) is 0. The first-order chi connectivity index (χ1) is 10.2. The molecule has 3 nitrogen and oxygen atoms in total. The molecule has 0 aliphatic heterocycles. The van der Waals surface area contributed by atoms with Gasteiger partial charge in [-0.1, -0.05) is 43.3 Å². The highest BCUT2D eigenvalue weighted by molar-refractivity contribution is 5.16. The van der Waals surface area contributed by atoms with Crippen molar-refractivity contribution < 1.29 is 0 Å². The smallest absolute Gasteiger partial charge is 0.0547 e. The number of rotatable bonds is 7. The second kappa shape index (κ2) is 7.91. The van der Waals surface area contributed by atoms with Crippen molar-refractivity contribution in [3.63, 3.8) is 0 Å². The minimum atomic E-state index is 0.347. The molecular formula is C18H25N3. The van der Waals surface area contributed by atoms with Gasteiger partial charge in [-0.3, -0.25) is 9.88 Å². The molecule has 0 bridgehead atoms. The fourth-order valence-corrected chi connectivity index (χ4v) is 2.64. The summed E-state index contributed by atoms with van der Waals surface area (Å²) in [5.74, 6) is 0. The maximum absolute atomic E-state index is 6.02. The van der Waals surface area contributed by atoms with E-state index in [2.05, 4.69) is 59.3 Å². The van der Waals surface area contributed by atoms with Gasteiger partial charge in [-0.25, -0.2) is 0 Å². The van der Waals surface area contributed by atoms with E-state index in [0.717, 1.165) is 30.9 Å². The minimum Gasteiger partial charge on any atom is -0.329 e. The van der Waals surface area contributed by atoms with E-state index in [4.69, 9.17) is 5.73 Å². The molecule has 0 aliphatic carbocycles. The number of hydrogen-bond donors (Lipinski definition) is 1. The Morgan fingerprint density at radius 2 is 1.86 bits per heavy atom. The Balaban J connectivity index is 2.06. The lowest BCUT2D eigenvalue weighted by molar-refractivity contribution is 0.198. The first kappa shape index (κ1) is 15.7. The van der Waals surface area contributed by atoms with Gasteiger partial charge in [0.1, 0.15) is 0 Å². The van der Waals surface area contributed by atoms with Crippen LogP contribution in [0.15, 0.2) is 48.5 Å². The molecule has 2 aromatic rings. The zero-order chi connectivity index (χ0) is 15.1. The Labute approximate surface area is 127 Å². The van der Waals surface area contributed by atoms with Crippen molar-refractivity contribution >= 4 is 0 Å². The van der Waals surface area contributed by atoms with Crippen LogP contribution in [0.1, 0.15) is 23.9 Å². The van der Waals surface area contributed by atoms with Crippen molar-refractivity contribution in [2.45, 2.75) is 32.9 Å². The van der Waals surface area contributed by atoms with Crippen LogP contribution in [0.5, 0.6) is 0 Å². The molecule has 0 saturated heterocycles. The van der Waals surface area contributed by atoms with E-state index in [1.807, 2.05) is 13.0 Å². The molecule has 21 heavy (non-hydrogen) atoms. The molecule has 0 spiro atoms. The monoisotopic (exact) mass is 283 g/mol. The van der Waals surface area contributed by atoms with Crippen LogP contribution in [0.4, 0.5) is 0 Å². The van der Waals surface area contributed by atoms with Gasteiger partial charge in [0.25, 0.3) is 0 Å². The second-order valence-corrected chi connectivity index (χ2v) is 5.41. The summed E-state index contributed by atoms with van der Waals surface area (Å²) in [7, 11) is 0. The maximum atomic E-state index is 6.02. The van der Waals surface area contributed by atoms with E-state index in [0.29, 0.717) is 12.6 Å². The zero-order valence-electron chi connectivity index (χ0n) is 13.0. The molecule has 2 N–H and O–H groups in total. The predicted octanol–water partition coefficient (Wildman–Crippen LogP) is 2.78. The molecular weight excluding hydrogens is 258 g/mol. The highest BCUT2D eigenvalue weighted by atomic mass is 15.2. The van der Waals surface area contributed by atoms with Crippen molar-refractivity contribution in [1.29, 1.82) is 0 Å². The van der Waals surface area contributed by atoms with Crippen LogP contribution in [0.2, 0.25) is 0 Å². The van der Waals surface area contributed by atoms with Gasteiger partial charge in [-0.05, 0) is 37.6 Å². The van der Waals surface area contributed by atoms with Gasteiger partial charge in [0.05, 0.1) is 5.69 Å². The lowest BCUT2D eigenvalue weighted by Gasteiger charge is -2.29. The third kappa shape index (κ3) is 4.66. The average molecular weight is 283 g/mol. The highest BCUT2D eigenvalue weighted by Crippen LogP contribution is 2.12. The van der Waals surface area contributed by atoms with Crippen LogP contribution in [-0.2, 0) is 13.0 Å². The molecule has 0 radical (unpaired) electrons. The van der Waals surface area contributed by atoms with Crippen LogP contribution in [0.25, 0.3) is 0 Å². The second-order valence-electron chi connectivity index (χ2n) is 5.41. The van der Waals surface area contributed by atoms with Gasteiger partial charge >= 0.3 is 0 Å². The van der Waals surface area contributed by atoms with Crippen LogP contribution >= 0.6 is 0 Å². The topological polar surface area (TPSA) is 42.2 Å². The van der Waals surface area contributed by atoms with E-state index in [1.54, 1.807) is 0 Å². The summed E-state index contributed by atoms with van der Waals surface area (Å²) in [6.07, 6.45) is 0.983. The average Bonchev–Trinajstić information content (AvgIpc) is 2.51. The summed E-state index contributed by atoms with van der Waals surface area (Å²) in [6.45, 7) is 6.71. The Bertz CT molecular complexity index is 539. The predicted molar refractivity (Wildman–Crippen MR) is 88.0 cm³/mol. The Hall–Kier alpha value is -1.71. The molecule has 2 rings (SSSR count). The van der Waals surface area contributed by atoms with Gasteiger partial charge in [-0.2, -0.15) is 0 Å². The Morgan fingerprint density at radius 1 is 1.10 bits per heavy atom. The largest absolute Gasteiger partial charge is 0.329 e. The Morgan fingerprint density at radius 3 is 2.48 bits per heavy atom. The number of pyridine rings is 1. The number of nitrogens with two attached hydrogens (primary N) is 1. The first-order valence-electron chi connectivity index (χ1n) is 7.63. The first-order valence-corrected chi connectivity index (χ1v) is 7.63. The lowest BCUT2D eigenvalue weighted by atomic mass is 10.0. The summed E-state index contributed by atoms with van der Waals surface area (Å²) in [4.78, 5) is 7.01. The van der Waals surface area contributed by atoms with Crippen LogP contribution in [0, 0.1) is 6.92 Å². The molecule has 1 unspecified atom stereocenters. The SMILES string of the molecule is CCN(Cc1cccc(C)n1)C(CN)Cc1ccccc1. The van der Waals surface area contributed by atoms with Gasteiger partial charge in [0.2, 0.25) is 0 Å². The summed E-state index contributed by atoms with van der Waals surface area (Å²) in [6, 6.07) is 17.1. The molecule has 0 fully saturated rings. The van der Waals surface area contributed by atoms with Crippen molar-refractivity contribution in [3.05, 3.63) is 65.5 Å². The molecule has 3 heteroatoms. The molecule has 1 aromatic heterocycles. The molecule has 1 atom stereocenters. The fourth-order valence-electron chi connectivity index (χ4n) is 2.64. The van der Waals surface area contributed by atoms with Gasteiger partial charge in [-0.15, -0.1) is 0 Å². The number of aryl methyl sites for hydroxylation is 1. The quantitative estimate of drug-likeness (QED) is 0.849. The summed E-state index contributed by atoms with van der Waals surface area (Å²) < 4.78 is 0. The van der Waals surface area contributed by atoms with E-state index in [-0.39, 0.29) is 0 Å². The summed E-state index contributed by atoms with van der Waals surface area (Å²) in [5.41, 5.74) is 9.54. The third-order valence-corrected chi connectivity index (χ3v) is 3.82. The zero-order valence-corrected chi connectivity index (χ0v) is 13.0. The number of aromatic nitrogens is 1. The maximum Gasteiger partial charge on any atom is 0.0547 e. The molecule has 1 aromatic carbocycles. The van der Waals surface area contributed by atoms with E-state index in [1.165, 1.54) is 5.56 Å². The minimum absolute atomic E-state index is 0.347. The van der Waals surface area contributed by atoms with Crippen molar-refractivity contribution in [2.24, 2.45) is 5.73 Å². The third-order valence-electron chi connectivity index (χ3n) is 3.82. The molecule has 1 heterocycles. The van der Waals surface area contributed by atoms with Crippen molar-refractivity contribution in [1.82, 2.24) is 9.88 Å². The van der Waals surface area contributed by atoms with Crippen LogP contribution in [-0.4, -0.2) is 29.0 Å². The van der Waals surface area contributed by atoms with Gasteiger partial charge in [0.15, 0.2) is 0 Å². The Kier molecular flexibility index (Phi) is 5.90. The van der Waals surface area contributed by atoms with Crippen molar-refractivity contribution in [2.75, 3.05) is 13.1 Å². The summed E-state index contributed by atoms with van der Waals surface area (Å²) >= 11 is 0. The van der Waals surface area contributed by atoms with Gasteiger partial charge < -0.3 is 5.73 Å². The lowest BCUT2D eigenvalue weighted by Crippen LogP contribution is -2.41. The molecule has 112 valence electrons. The number of likely N-dealkylation sites (N-methyl/N-ethyl adjacent to an activating group) is 1. The van der Waals surface area contributed by atoms with Crippen molar-refractivity contribution in [3.8, 4) is 0 Å². The number of hydrogen-bond acceptors (Lipinski definition) is 3. The standard InChI is InChI=1S/C18H25N3/c1-3-21(14-17-11-7-8-15(2)20-17)18(13-19)12-16-9-5-4-6-10-16/h4-11,18H,3,12-14,19H2,1-2H3. The fraction of sp³-hybridized carbons (Fsp3) is 0.389. The molecule has 0 aliphatic rings. The van der Waals surface area contributed by atoms with E-state index < -0.39 is 0 Å². The van der Waals surface area contributed by atoms with Gasteiger partial charge in [0, 0.05) is 24.8 Å². The number of nitrogens with zero attached hydrogens (tertiary/aromatic N) is 2. The van der Waals surface area contributed by atoms with E-state index in [9.17, 15) is 0 Å². The molecule has 0 saturated carbocycles. The van der Waals surface area contributed by atoms with Crippen LogP contribution < -0.4 is 5.73 Å². The van der Waals surface area contributed by atoms with Crippen LogP contribution in [0.3, 0.4) is 0 Å². The number of benzene rings is 1.